The van der Waals surface area contributed by atoms with E-state index in [0.717, 1.165) is 37.6 Å². The largest absolute Gasteiger partial charge is 0.433 e. The van der Waals surface area contributed by atoms with E-state index in [4.69, 9.17) is 0 Å². The van der Waals surface area contributed by atoms with E-state index in [9.17, 15) is 8.78 Å². The molecule has 24 heavy (non-hydrogen) atoms. The van der Waals surface area contributed by atoms with Gasteiger partial charge >= 0.3 is 6.61 Å². The molecule has 1 aliphatic carbocycles. The summed E-state index contributed by atoms with van der Waals surface area (Å²) in [4.78, 5) is 6.40. The number of pyridine rings is 1. The maximum Gasteiger partial charge on any atom is 0.387 e. The second kappa shape index (κ2) is 6.33. The Bertz CT molecular complexity index is 678. The lowest BCUT2D eigenvalue weighted by molar-refractivity contribution is -0.0500. The van der Waals surface area contributed by atoms with Gasteiger partial charge in [-0.15, -0.1) is 10.2 Å². The fraction of sp³-hybridized carbons (Fsp3) is 0.562. The lowest BCUT2D eigenvalue weighted by Gasteiger charge is -2.32. The zero-order valence-electron chi connectivity index (χ0n) is 13.2. The zero-order chi connectivity index (χ0) is 16.5. The summed E-state index contributed by atoms with van der Waals surface area (Å²) in [6, 6.07) is 3.85. The first-order valence-corrected chi connectivity index (χ1v) is 8.26. The van der Waals surface area contributed by atoms with E-state index in [1.807, 2.05) is 6.33 Å². The molecule has 0 spiro atoms. The minimum Gasteiger partial charge on any atom is -0.433 e. The number of rotatable bonds is 5. The molecule has 128 valence electrons. The van der Waals surface area contributed by atoms with Crippen LogP contribution in [-0.4, -0.2) is 39.4 Å². The minimum atomic E-state index is -2.82. The maximum atomic E-state index is 12.2. The number of alkyl halides is 2. The number of hydrogen-bond acceptors (Lipinski definition) is 5. The van der Waals surface area contributed by atoms with Gasteiger partial charge in [0.2, 0.25) is 0 Å². The molecule has 2 fully saturated rings. The van der Waals surface area contributed by atoms with Crippen molar-refractivity contribution in [3.05, 3.63) is 30.5 Å². The van der Waals surface area contributed by atoms with Crippen LogP contribution >= 0.6 is 0 Å². The van der Waals surface area contributed by atoms with Crippen LogP contribution in [0.1, 0.15) is 43.5 Å². The Morgan fingerprint density at radius 1 is 1.12 bits per heavy atom. The van der Waals surface area contributed by atoms with Crippen LogP contribution in [0.2, 0.25) is 0 Å². The topological polar surface area (TPSA) is 56.1 Å². The van der Waals surface area contributed by atoms with Gasteiger partial charge in [0, 0.05) is 25.0 Å². The molecule has 4 rings (SSSR count). The monoisotopic (exact) mass is 335 g/mol. The summed E-state index contributed by atoms with van der Waals surface area (Å²) in [5.74, 6) is 2.40. The average Bonchev–Trinajstić information content (AvgIpc) is 3.32. The summed E-state index contributed by atoms with van der Waals surface area (Å²) in [7, 11) is 0. The molecular formula is C16H19F2N5O. The average molecular weight is 335 g/mol. The van der Waals surface area contributed by atoms with E-state index in [-0.39, 0.29) is 5.75 Å². The fourth-order valence-corrected chi connectivity index (χ4v) is 3.28. The number of aromatic nitrogens is 4. The first-order valence-electron chi connectivity index (χ1n) is 8.26. The fourth-order valence-electron chi connectivity index (χ4n) is 3.28. The quantitative estimate of drug-likeness (QED) is 0.841. The molecule has 3 heterocycles. The SMILES string of the molecule is FC(F)Oc1ccc(N2CCC(c3nncn3C3CC3)CC2)nc1. The highest BCUT2D eigenvalue weighted by Crippen LogP contribution is 2.38. The third-order valence-electron chi connectivity index (χ3n) is 4.67. The van der Waals surface area contributed by atoms with E-state index in [1.54, 1.807) is 6.07 Å². The Labute approximate surface area is 138 Å². The van der Waals surface area contributed by atoms with Gasteiger partial charge in [-0.2, -0.15) is 8.78 Å². The highest BCUT2D eigenvalue weighted by Gasteiger charge is 2.31. The predicted octanol–water partition coefficient (Wildman–Crippen LogP) is 2.99. The van der Waals surface area contributed by atoms with E-state index < -0.39 is 6.61 Å². The van der Waals surface area contributed by atoms with Gasteiger partial charge in [-0.1, -0.05) is 0 Å². The van der Waals surface area contributed by atoms with Gasteiger partial charge in [-0.05, 0) is 37.8 Å². The van der Waals surface area contributed by atoms with Crippen molar-refractivity contribution in [2.75, 3.05) is 18.0 Å². The first kappa shape index (κ1) is 15.3. The molecule has 0 bridgehead atoms. The molecule has 2 aliphatic rings. The standard InChI is InChI=1S/C16H19F2N5O/c17-16(18)24-13-3-4-14(19-9-13)22-7-5-11(6-8-22)15-21-20-10-23(15)12-1-2-12/h3-4,9-12,16H,1-2,5-8H2. The Morgan fingerprint density at radius 3 is 2.54 bits per heavy atom. The molecule has 0 radical (unpaired) electrons. The molecule has 0 atom stereocenters. The summed E-state index contributed by atoms with van der Waals surface area (Å²) in [6.07, 6.45) is 7.62. The number of anilines is 1. The van der Waals surface area contributed by atoms with E-state index in [2.05, 4.69) is 29.4 Å². The van der Waals surface area contributed by atoms with Gasteiger partial charge in [0.1, 0.15) is 23.7 Å². The van der Waals surface area contributed by atoms with Crippen LogP contribution < -0.4 is 9.64 Å². The Hall–Kier alpha value is -2.25. The van der Waals surface area contributed by atoms with Crippen LogP contribution in [0.15, 0.2) is 24.7 Å². The summed E-state index contributed by atoms with van der Waals surface area (Å²) < 4.78 is 30.9. The maximum absolute atomic E-state index is 12.2. The number of halogens is 2. The number of hydrogen-bond donors (Lipinski definition) is 0. The number of piperidine rings is 1. The molecule has 0 N–H and O–H groups in total. The minimum absolute atomic E-state index is 0.0844. The molecule has 0 aromatic carbocycles. The Kier molecular flexibility index (Phi) is 4.03. The van der Waals surface area contributed by atoms with Gasteiger partial charge in [0.25, 0.3) is 0 Å². The predicted molar refractivity (Wildman–Crippen MR) is 83.4 cm³/mol. The second-order valence-electron chi connectivity index (χ2n) is 6.32. The highest BCUT2D eigenvalue weighted by atomic mass is 19.3. The molecule has 6 nitrogen and oxygen atoms in total. The second-order valence-corrected chi connectivity index (χ2v) is 6.32. The van der Waals surface area contributed by atoms with Crippen LogP contribution in [0, 0.1) is 0 Å². The number of nitrogens with zero attached hydrogens (tertiary/aromatic N) is 5. The molecule has 1 saturated carbocycles. The van der Waals surface area contributed by atoms with Gasteiger partial charge in [-0.3, -0.25) is 0 Å². The molecule has 8 heteroatoms. The Balaban J connectivity index is 1.38. The van der Waals surface area contributed by atoms with Crippen LogP contribution in [-0.2, 0) is 0 Å². The molecule has 1 aliphatic heterocycles. The van der Waals surface area contributed by atoms with Crippen LogP contribution in [0.3, 0.4) is 0 Å². The lowest BCUT2D eigenvalue weighted by Crippen LogP contribution is -2.34. The third-order valence-corrected chi connectivity index (χ3v) is 4.67. The van der Waals surface area contributed by atoms with Crippen molar-refractivity contribution in [3.63, 3.8) is 0 Å². The molecular weight excluding hydrogens is 316 g/mol. The van der Waals surface area contributed by atoms with Gasteiger partial charge in [0.15, 0.2) is 0 Å². The molecule has 2 aromatic heterocycles. The van der Waals surface area contributed by atoms with Crippen LogP contribution in [0.4, 0.5) is 14.6 Å². The van der Waals surface area contributed by atoms with Crippen molar-refractivity contribution in [3.8, 4) is 5.75 Å². The zero-order valence-corrected chi connectivity index (χ0v) is 13.2. The summed E-state index contributed by atoms with van der Waals surface area (Å²) in [5.41, 5.74) is 0. The van der Waals surface area contributed by atoms with Crippen molar-refractivity contribution < 1.29 is 13.5 Å². The third kappa shape index (κ3) is 3.18. The van der Waals surface area contributed by atoms with E-state index in [0.29, 0.717) is 12.0 Å². The van der Waals surface area contributed by atoms with Crippen LogP contribution in [0.5, 0.6) is 5.75 Å². The van der Waals surface area contributed by atoms with Gasteiger partial charge in [-0.25, -0.2) is 4.98 Å². The van der Waals surface area contributed by atoms with E-state index in [1.165, 1.54) is 25.1 Å². The van der Waals surface area contributed by atoms with Gasteiger partial charge < -0.3 is 14.2 Å². The molecule has 0 amide bonds. The summed E-state index contributed by atoms with van der Waals surface area (Å²) >= 11 is 0. The summed E-state index contributed by atoms with van der Waals surface area (Å²) in [5, 5.41) is 8.41. The van der Waals surface area contributed by atoms with Crippen LogP contribution in [0.25, 0.3) is 0 Å². The first-order chi connectivity index (χ1) is 11.7. The van der Waals surface area contributed by atoms with Crippen molar-refractivity contribution in [2.45, 2.75) is 44.3 Å². The molecule has 0 unspecified atom stereocenters. The highest BCUT2D eigenvalue weighted by molar-refractivity contribution is 5.41. The van der Waals surface area contributed by atoms with Crippen molar-refractivity contribution in [1.29, 1.82) is 0 Å². The molecule has 1 saturated heterocycles. The van der Waals surface area contributed by atoms with Crippen molar-refractivity contribution >= 4 is 5.82 Å². The normalized spacial score (nSPS) is 19.0. The lowest BCUT2D eigenvalue weighted by atomic mass is 9.96. The van der Waals surface area contributed by atoms with Crippen molar-refractivity contribution in [2.24, 2.45) is 0 Å². The smallest absolute Gasteiger partial charge is 0.387 e. The van der Waals surface area contributed by atoms with Crippen molar-refractivity contribution in [1.82, 2.24) is 19.7 Å². The molecule has 2 aromatic rings. The van der Waals surface area contributed by atoms with Gasteiger partial charge in [0.05, 0.1) is 6.20 Å². The Morgan fingerprint density at radius 2 is 1.92 bits per heavy atom. The summed E-state index contributed by atoms with van der Waals surface area (Å²) in [6.45, 7) is -1.09. The number of ether oxygens (including phenoxy) is 1. The van der Waals surface area contributed by atoms with E-state index >= 15 is 0 Å².